The Hall–Kier alpha value is -1.17. The molecule has 6 heteroatoms. The molecule has 0 amide bonds. The molecule has 2 rings (SSSR count). The van der Waals surface area contributed by atoms with Crippen molar-refractivity contribution >= 4 is 39.3 Å². The van der Waals surface area contributed by atoms with E-state index < -0.39 is 10.0 Å². The quantitative estimate of drug-likeness (QED) is 0.614. The van der Waals surface area contributed by atoms with Crippen LogP contribution in [-0.2, 0) is 10.0 Å². The maximum atomic E-state index is 12.7. The zero-order valence-electron chi connectivity index (χ0n) is 10.9. The maximum Gasteiger partial charge on any atom is 0.273 e. The predicted octanol–water partition coefficient (Wildman–Crippen LogP) is 4.03. The number of hydrogen-bond acceptors (Lipinski definition) is 3. The number of sulfonamides is 1. The summed E-state index contributed by atoms with van der Waals surface area (Å²) >= 11 is 6.77. The van der Waals surface area contributed by atoms with E-state index in [-0.39, 0.29) is 10.1 Å². The summed E-state index contributed by atoms with van der Waals surface area (Å²) in [6.45, 7) is 1.92. The Bertz CT molecular complexity index is 657. The van der Waals surface area contributed by atoms with Crippen molar-refractivity contribution in [1.82, 2.24) is 0 Å². The van der Waals surface area contributed by atoms with Gasteiger partial charge in [0.15, 0.2) is 0 Å². The second kappa shape index (κ2) is 6.52. The third-order valence-corrected chi connectivity index (χ3v) is 5.93. The predicted molar refractivity (Wildman–Crippen MR) is 85.6 cm³/mol. The molecule has 3 nitrogen and oxygen atoms in total. The van der Waals surface area contributed by atoms with Crippen LogP contribution in [0.15, 0.2) is 59.5 Å². The average Bonchev–Trinajstić information content (AvgIpc) is 2.46. The third kappa shape index (κ3) is 3.29. The lowest BCUT2D eigenvalue weighted by atomic mass is 10.2. The summed E-state index contributed by atoms with van der Waals surface area (Å²) in [4.78, 5) is 0.254. The van der Waals surface area contributed by atoms with Gasteiger partial charge in [0.1, 0.15) is 0 Å². The van der Waals surface area contributed by atoms with E-state index in [1.165, 1.54) is 3.71 Å². The molecular weight excluding hydrogens is 314 g/mol. The fraction of sp³-hybridized carbons (Fsp3) is 0.143. The molecule has 0 N–H and O–H groups in total. The lowest BCUT2D eigenvalue weighted by Gasteiger charge is -2.22. The van der Waals surface area contributed by atoms with Crippen LogP contribution in [0.25, 0.3) is 0 Å². The lowest BCUT2D eigenvalue weighted by molar-refractivity contribution is 0.598. The van der Waals surface area contributed by atoms with E-state index in [1.54, 1.807) is 48.5 Å². The highest BCUT2D eigenvalue weighted by Crippen LogP contribution is 2.30. The maximum absolute atomic E-state index is 12.7. The second-order valence-corrected chi connectivity index (χ2v) is 7.63. The van der Waals surface area contributed by atoms with Crippen molar-refractivity contribution in [2.24, 2.45) is 0 Å². The summed E-state index contributed by atoms with van der Waals surface area (Å²) in [6.07, 6.45) is 0. The van der Waals surface area contributed by atoms with Gasteiger partial charge in [0.25, 0.3) is 10.0 Å². The number of benzene rings is 2. The molecule has 0 unspecified atom stereocenters. The van der Waals surface area contributed by atoms with Gasteiger partial charge in [-0.3, -0.25) is 0 Å². The van der Waals surface area contributed by atoms with Crippen LogP contribution in [0.5, 0.6) is 0 Å². The van der Waals surface area contributed by atoms with Crippen molar-refractivity contribution in [2.75, 3.05) is 8.92 Å². The first-order valence-electron chi connectivity index (χ1n) is 5.91. The second-order valence-electron chi connectivity index (χ2n) is 4.12. The van der Waals surface area contributed by atoms with E-state index in [9.17, 15) is 8.42 Å². The van der Waals surface area contributed by atoms with Crippen LogP contribution in [0.2, 0.25) is 0 Å². The standard InChI is InChI=1S/C14H14ClNO2S2/c1-12-7-9-14(10-8-12)20(17,18)16(19-11-15)13-5-3-2-4-6-13/h2-10H,11H2,1H3. The van der Waals surface area contributed by atoms with Crippen molar-refractivity contribution in [3.8, 4) is 0 Å². The van der Waals surface area contributed by atoms with Crippen molar-refractivity contribution in [1.29, 1.82) is 0 Å². The molecule has 0 spiro atoms. The molecule has 0 radical (unpaired) electrons. The van der Waals surface area contributed by atoms with E-state index in [2.05, 4.69) is 0 Å². The molecule has 0 saturated carbocycles. The molecule has 106 valence electrons. The van der Waals surface area contributed by atoms with Gasteiger partial charge in [-0.1, -0.05) is 35.9 Å². The first kappa shape index (κ1) is 15.2. The van der Waals surface area contributed by atoms with Crippen LogP contribution in [-0.4, -0.2) is 13.6 Å². The molecule has 0 fully saturated rings. The Balaban J connectivity index is 2.45. The van der Waals surface area contributed by atoms with Gasteiger partial charge in [0.2, 0.25) is 0 Å². The van der Waals surface area contributed by atoms with Gasteiger partial charge in [-0.25, -0.2) is 12.1 Å². The summed E-state index contributed by atoms with van der Waals surface area (Å²) < 4.78 is 26.6. The molecule has 0 bridgehead atoms. The smallest absolute Gasteiger partial charge is 0.207 e. The Morgan fingerprint density at radius 2 is 1.65 bits per heavy atom. The first-order valence-corrected chi connectivity index (χ1v) is 8.83. The highest BCUT2D eigenvalue weighted by Gasteiger charge is 2.25. The van der Waals surface area contributed by atoms with Gasteiger partial charge >= 0.3 is 0 Å². The molecule has 0 aliphatic carbocycles. The molecule has 0 aliphatic heterocycles. The Morgan fingerprint density at radius 3 is 2.20 bits per heavy atom. The molecular formula is C14H14ClNO2S2. The van der Waals surface area contributed by atoms with Crippen LogP contribution in [0, 0.1) is 6.92 Å². The number of para-hydroxylation sites is 1. The van der Waals surface area contributed by atoms with E-state index >= 15 is 0 Å². The van der Waals surface area contributed by atoms with Gasteiger partial charge < -0.3 is 0 Å². The van der Waals surface area contributed by atoms with E-state index in [1.807, 2.05) is 13.0 Å². The molecule has 0 heterocycles. The van der Waals surface area contributed by atoms with Crippen LogP contribution in [0.3, 0.4) is 0 Å². The third-order valence-electron chi connectivity index (χ3n) is 2.67. The molecule has 0 aliphatic rings. The average molecular weight is 328 g/mol. The normalized spacial score (nSPS) is 11.3. The minimum Gasteiger partial charge on any atom is -0.207 e. The van der Waals surface area contributed by atoms with Gasteiger partial charge in [0, 0.05) is 0 Å². The summed E-state index contributed by atoms with van der Waals surface area (Å²) in [5, 5.41) is 0.153. The largest absolute Gasteiger partial charge is 0.273 e. The number of alkyl halides is 1. The molecule has 0 aromatic heterocycles. The summed E-state index contributed by atoms with van der Waals surface area (Å²) in [6, 6.07) is 15.7. The van der Waals surface area contributed by atoms with Crippen molar-refractivity contribution in [3.05, 3.63) is 60.2 Å². The van der Waals surface area contributed by atoms with Gasteiger partial charge in [-0.2, -0.15) is 0 Å². The van der Waals surface area contributed by atoms with Crippen molar-refractivity contribution in [3.63, 3.8) is 0 Å². The summed E-state index contributed by atoms with van der Waals surface area (Å²) in [7, 11) is -3.62. The minimum atomic E-state index is -3.62. The Labute approximate surface area is 128 Å². The number of rotatable bonds is 5. The van der Waals surface area contributed by atoms with Gasteiger partial charge in [0.05, 0.1) is 15.8 Å². The zero-order valence-corrected chi connectivity index (χ0v) is 13.3. The van der Waals surface area contributed by atoms with Crippen molar-refractivity contribution in [2.45, 2.75) is 11.8 Å². The Kier molecular flexibility index (Phi) is 4.96. The number of aryl methyl sites for hydroxylation is 1. The molecule has 20 heavy (non-hydrogen) atoms. The number of nitrogens with zero attached hydrogens (tertiary/aromatic N) is 1. The number of hydrogen-bond donors (Lipinski definition) is 0. The van der Waals surface area contributed by atoms with Gasteiger partial charge in [-0.05, 0) is 43.1 Å². The fourth-order valence-corrected chi connectivity index (χ4v) is 4.55. The van der Waals surface area contributed by atoms with Crippen LogP contribution >= 0.6 is 23.5 Å². The first-order chi connectivity index (χ1) is 9.55. The van der Waals surface area contributed by atoms with Crippen molar-refractivity contribution < 1.29 is 8.42 Å². The highest BCUT2D eigenvalue weighted by atomic mass is 35.5. The topological polar surface area (TPSA) is 37.4 Å². The monoisotopic (exact) mass is 327 g/mol. The highest BCUT2D eigenvalue weighted by molar-refractivity contribution is 8.15. The van der Waals surface area contributed by atoms with Crippen LogP contribution < -0.4 is 3.71 Å². The fourth-order valence-electron chi connectivity index (χ4n) is 1.68. The van der Waals surface area contributed by atoms with Crippen LogP contribution in [0.4, 0.5) is 5.69 Å². The summed E-state index contributed by atoms with van der Waals surface area (Å²) in [5.74, 6) is 0. The van der Waals surface area contributed by atoms with E-state index in [0.29, 0.717) is 5.69 Å². The zero-order chi connectivity index (χ0) is 14.6. The van der Waals surface area contributed by atoms with E-state index in [0.717, 1.165) is 17.5 Å². The molecule has 0 saturated heterocycles. The van der Waals surface area contributed by atoms with Gasteiger partial charge in [-0.15, -0.1) is 11.6 Å². The molecule has 2 aromatic carbocycles. The Morgan fingerprint density at radius 1 is 1.05 bits per heavy atom. The van der Waals surface area contributed by atoms with E-state index in [4.69, 9.17) is 11.6 Å². The number of halogens is 1. The minimum absolute atomic E-state index is 0.153. The summed E-state index contributed by atoms with van der Waals surface area (Å²) in [5.41, 5.74) is 1.60. The molecule has 2 aromatic rings. The lowest BCUT2D eigenvalue weighted by Crippen LogP contribution is -2.24. The SMILES string of the molecule is Cc1ccc(S(=O)(=O)N(SCCl)c2ccccc2)cc1. The van der Waals surface area contributed by atoms with Crippen LogP contribution in [0.1, 0.15) is 5.56 Å². The number of anilines is 1. The molecule has 0 atom stereocenters.